The van der Waals surface area contributed by atoms with Crippen molar-refractivity contribution in [1.29, 1.82) is 0 Å². The molecule has 0 unspecified atom stereocenters. The highest BCUT2D eigenvalue weighted by atomic mass is 16.5. The molecule has 0 saturated heterocycles. The summed E-state index contributed by atoms with van der Waals surface area (Å²) in [6.07, 6.45) is 41.2. The number of anilines is 4. The van der Waals surface area contributed by atoms with E-state index in [0.717, 1.165) is 128 Å². The van der Waals surface area contributed by atoms with Gasteiger partial charge in [-0.15, -0.1) is 0 Å². The predicted molar refractivity (Wildman–Crippen MR) is 448 cm³/mol. The van der Waals surface area contributed by atoms with Gasteiger partial charge in [0.25, 0.3) is 0 Å². The van der Waals surface area contributed by atoms with Crippen LogP contribution >= 0.6 is 0 Å². The maximum atomic E-state index is 14.1. The molecule has 8 N–H and O–H groups in total. The van der Waals surface area contributed by atoms with E-state index >= 15 is 0 Å². The average molecular weight is 1560 g/mol. The highest BCUT2D eigenvalue weighted by Crippen LogP contribution is 2.44. The first-order chi connectivity index (χ1) is 54.4. The zero-order valence-corrected chi connectivity index (χ0v) is 68.9. The Hall–Kier alpha value is -8.16. The zero-order valence-electron chi connectivity index (χ0n) is 68.9. The maximum absolute atomic E-state index is 14.1. The van der Waals surface area contributed by atoms with E-state index in [1.807, 2.05) is 48.5 Å². The molecule has 0 heterocycles. The minimum absolute atomic E-state index is 0.0679. The molecule has 1 aliphatic carbocycles. The number of benzene rings is 4. The number of carbonyl (C=O) groups is 8. The molecule has 0 fully saturated rings. The summed E-state index contributed by atoms with van der Waals surface area (Å²) < 4.78 is 28.8. The van der Waals surface area contributed by atoms with E-state index in [-0.39, 0.29) is 51.4 Å². The molecule has 4 amide bonds. The predicted octanol–water partition coefficient (Wildman–Crippen LogP) is 22.8. The number of carbonyl (C=O) groups excluding carboxylic acids is 4. The first kappa shape index (κ1) is 94.4. The fourth-order valence-corrected chi connectivity index (χ4v) is 14.7. The van der Waals surface area contributed by atoms with Crippen molar-refractivity contribution in [3.05, 3.63) is 93.0 Å². The molecule has 112 heavy (non-hydrogen) atoms. The minimum Gasteiger partial charge on any atom is -0.493 e. The number of hydrogen-bond acceptors (Lipinski definition) is 12. The van der Waals surface area contributed by atoms with Gasteiger partial charge >= 0.3 is 23.9 Å². The molecule has 0 aliphatic heterocycles. The number of ether oxygens (including phenoxy) is 4. The van der Waals surface area contributed by atoms with Crippen LogP contribution in [0.2, 0.25) is 0 Å². The van der Waals surface area contributed by atoms with E-state index in [4.69, 9.17) is 18.9 Å². The van der Waals surface area contributed by atoms with Crippen LogP contribution in [-0.2, 0) is 64.0 Å². The van der Waals surface area contributed by atoms with Gasteiger partial charge in [-0.3, -0.25) is 38.4 Å². The lowest BCUT2D eigenvalue weighted by Crippen LogP contribution is -2.17. The number of carboxylic acids is 4. The molecule has 4 aromatic rings. The van der Waals surface area contributed by atoms with Gasteiger partial charge in [-0.2, -0.15) is 0 Å². The Morgan fingerprint density at radius 3 is 0.518 bits per heavy atom. The largest absolute Gasteiger partial charge is 0.493 e. The number of unbranched alkanes of at least 4 members (excludes halogenated alkanes) is 36. The summed E-state index contributed by atoms with van der Waals surface area (Å²) >= 11 is 0. The second-order valence-electron chi connectivity index (χ2n) is 31.1. The second kappa shape index (κ2) is 57.8. The van der Waals surface area contributed by atoms with Gasteiger partial charge in [0.15, 0.2) is 0 Å². The third-order valence-corrected chi connectivity index (χ3v) is 20.9. The van der Waals surface area contributed by atoms with Crippen LogP contribution in [0.15, 0.2) is 48.5 Å². The monoisotopic (exact) mass is 1560 g/mol. The van der Waals surface area contributed by atoms with Crippen LogP contribution in [0.3, 0.4) is 0 Å². The fraction of sp³-hybridized carbons (Fsp3) is 0.652. The number of aliphatic carboxylic acids is 4. The summed E-state index contributed by atoms with van der Waals surface area (Å²) in [5, 5.41) is 51.4. The molecule has 0 radical (unpaired) electrons. The van der Waals surface area contributed by atoms with Crippen LogP contribution in [0.5, 0.6) is 23.0 Å². The highest BCUT2D eigenvalue weighted by molar-refractivity contribution is 5.95. The smallest absolute Gasteiger partial charge is 0.303 e. The maximum Gasteiger partial charge on any atom is 0.303 e. The van der Waals surface area contributed by atoms with Crippen molar-refractivity contribution in [3.8, 4) is 23.0 Å². The summed E-state index contributed by atoms with van der Waals surface area (Å²) in [5.41, 5.74) is 6.24. The molecule has 5 rings (SSSR count). The van der Waals surface area contributed by atoms with Crippen LogP contribution in [0.25, 0.3) is 0 Å². The molecule has 20 heteroatoms. The summed E-state index contributed by atoms with van der Waals surface area (Å²) in [6, 6.07) is 14.7. The Bertz CT molecular complexity index is 2920. The molecule has 8 bridgehead atoms. The average Bonchev–Trinajstić information content (AvgIpc) is 0.757. The van der Waals surface area contributed by atoms with Crippen molar-refractivity contribution in [2.45, 2.75) is 362 Å². The number of carboxylic acid groups (broad SMARTS) is 4. The Kier molecular flexibility index (Phi) is 48.7. The van der Waals surface area contributed by atoms with Gasteiger partial charge in [0, 0.05) is 119 Å². The summed E-state index contributed by atoms with van der Waals surface area (Å²) in [5.74, 6) is -4.68. The first-order valence-electron chi connectivity index (χ1n) is 43.6. The number of hydrogen-bond donors (Lipinski definition) is 8. The highest BCUT2D eigenvalue weighted by Gasteiger charge is 2.27. The SMILES string of the molecule is CCCCCCCCCCCCOc1c2cc(NC(=O)CCC(=O)O)cc1Cc1cc(NC(=O)CCC(=O)O)cc(c1OCCCCCCCCCCCC)Cc1cc(NC(=O)CCC(=O)O)cc(c1OCCCCCCCCCCCC)Cc1cc(NC(=O)CCC(=O)O)cc(c1OCCCCCCCCCCCC)C2. The minimum atomic E-state index is -1.14. The molecule has 624 valence electrons. The summed E-state index contributed by atoms with van der Waals surface area (Å²) in [4.78, 5) is 104. The molecule has 0 spiro atoms. The van der Waals surface area contributed by atoms with Gasteiger partial charge in [0.2, 0.25) is 23.6 Å². The molecule has 0 saturated carbocycles. The second-order valence-corrected chi connectivity index (χ2v) is 31.1. The van der Waals surface area contributed by atoms with Crippen LogP contribution in [0.1, 0.15) is 380 Å². The lowest BCUT2D eigenvalue weighted by Gasteiger charge is -2.25. The van der Waals surface area contributed by atoms with E-state index in [2.05, 4.69) is 49.0 Å². The molecule has 20 nitrogen and oxygen atoms in total. The van der Waals surface area contributed by atoms with E-state index in [9.17, 15) is 58.8 Å². The Balaban J connectivity index is 1.89. The van der Waals surface area contributed by atoms with E-state index < -0.39 is 73.2 Å². The molecule has 0 atom stereocenters. The summed E-state index contributed by atoms with van der Waals surface area (Å²) in [6.45, 7) is 10.1. The normalized spacial score (nSPS) is 11.8. The standard InChI is InChI=1S/C92H140N4O16/c1-5-9-13-17-21-25-29-33-37-41-53-109-89-69-57-71-63-78(94-82(98)46-50-86(103)104)65-73(90(71)110-54-42-38-34-30-26-22-18-14-10-6-2)59-75-67-80(96-84(100)48-52-88(107)108)68-76(92(75)112-56-44-40-36-32-28-24-20-16-12-8-4)60-74-66-79(95-83(99)47-51-87(105)106)64-72(58-70(89)62-77(61-69)93-81(97)45-49-85(101)102)91(74)111-55-43-39-35-31-27-23-19-15-11-7-3/h61-68H,5-60H2,1-4H3,(H,93,97)(H,94,98)(H,95,99)(H,96,100)(H,101,102)(H,103,104)(H,105,106)(H,107,108). The lowest BCUT2D eigenvalue weighted by molar-refractivity contribution is -0.138. The van der Waals surface area contributed by atoms with Crippen molar-refractivity contribution >= 4 is 70.3 Å². The van der Waals surface area contributed by atoms with Crippen LogP contribution in [0.4, 0.5) is 22.7 Å². The number of nitrogens with one attached hydrogen (secondary N) is 4. The van der Waals surface area contributed by atoms with Gasteiger partial charge in [0.05, 0.1) is 52.1 Å². The van der Waals surface area contributed by atoms with E-state index in [0.29, 0.717) is 117 Å². The number of rotatable bonds is 64. The molecule has 4 aromatic carbocycles. The zero-order chi connectivity index (χ0) is 80.8. The van der Waals surface area contributed by atoms with E-state index in [1.165, 1.54) is 128 Å². The molecular weight excluding hydrogens is 1420 g/mol. The van der Waals surface area contributed by atoms with Crippen molar-refractivity contribution in [3.63, 3.8) is 0 Å². The number of amides is 4. The Labute approximate surface area is 670 Å². The third kappa shape index (κ3) is 40.5. The van der Waals surface area contributed by atoms with Gasteiger partial charge in [0.1, 0.15) is 23.0 Å². The molecular formula is C92H140N4O16. The molecule has 0 aromatic heterocycles. The van der Waals surface area contributed by atoms with Crippen LogP contribution in [0, 0.1) is 0 Å². The van der Waals surface area contributed by atoms with Gasteiger partial charge < -0.3 is 60.6 Å². The third-order valence-electron chi connectivity index (χ3n) is 20.9. The number of fused-ring (bicyclic) bond motifs is 8. The molecule has 1 aliphatic rings. The van der Waals surface area contributed by atoms with Gasteiger partial charge in [-0.1, -0.05) is 259 Å². The Morgan fingerprint density at radius 1 is 0.232 bits per heavy atom. The Morgan fingerprint density at radius 2 is 0.375 bits per heavy atom. The van der Waals surface area contributed by atoms with Crippen molar-refractivity contribution in [2.75, 3.05) is 47.7 Å². The lowest BCUT2D eigenvalue weighted by atomic mass is 9.90. The quantitative estimate of drug-likeness (QED) is 0.0168. The van der Waals surface area contributed by atoms with Gasteiger partial charge in [-0.25, -0.2) is 0 Å². The van der Waals surface area contributed by atoms with Crippen LogP contribution in [-0.4, -0.2) is 94.4 Å². The van der Waals surface area contributed by atoms with Crippen LogP contribution < -0.4 is 40.2 Å². The van der Waals surface area contributed by atoms with Crippen molar-refractivity contribution in [1.82, 2.24) is 0 Å². The van der Waals surface area contributed by atoms with Crippen molar-refractivity contribution < 1.29 is 77.7 Å². The van der Waals surface area contributed by atoms with E-state index in [1.54, 1.807) is 0 Å². The topological polar surface area (TPSA) is 303 Å². The fourth-order valence-electron chi connectivity index (χ4n) is 14.7. The van der Waals surface area contributed by atoms with Crippen molar-refractivity contribution in [2.24, 2.45) is 0 Å². The van der Waals surface area contributed by atoms with Gasteiger partial charge in [-0.05, 0) is 74.2 Å². The first-order valence-corrected chi connectivity index (χ1v) is 43.6. The summed E-state index contributed by atoms with van der Waals surface area (Å²) in [7, 11) is 0.